The van der Waals surface area contributed by atoms with Crippen molar-refractivity contribution in [3.8, 4) is 0 Å². The largest absolute Gasteiger partial charge is 0.416 e. The minimum atomic E-state index is -4.46. The van der Waals surface area contributed by atoms with Crippen LogP contribution in [0.25, 0.3) is 0 Å². The van der Waals surface area contributed by atoms with Gasteiger partial charge in [-0.3, -0.25) is 9.59 Å². The SMILES string of the molecule is Cc1cc(C(=O)N2CCN(C=O)CC2)nc(Nc2cccc(C(F)(F)F)c2)n1. The average Bonchev–Trinajstić information content (AvgIpc) is 2.66. The number of benzene rings is 1. The third-order valence-corrected chi connectivity index (χ3v) is 4.27. The van der Waals surface area contributed by atoms with Crippen molar-refractivity contribution >= 4 is 24.0 Å². The molecule has 2 heterocycles. The van der Waals surface area contributed by atoms with E-state index in [-0.39, 0.29) is 23.2 Å². The quantitative estimate of drug-likeness (QED) is 0.808. The Bertz CT molecular complexity index is 880. The van der Waals surface area contributed by atoms with Crippen LogP contribution in [0, 0.1) is 6.92 Å². The van der Waals surface area contributed by atoms with Gasteiger partial charge in [-0.05, 0) is 31.2 Å². The Morgan fingerprint density at radius 1 is 1.14 bits per heavy atom. The zero-order valence-electron chi connectivity index (χ0n) is 15.0. The van der Waals surface area contributed by atoms with Gasteiger partial charge in [0, 0.05) is 37.6 Å². The molecule has 1 saturated heterocycles. The van der Waals surface area contributed by atoms with Gasteiger partial charge in [-0.2, -0.15) is 13.2 Å². The first-order valence-corrected chi connectivity index (χ1v) is 8.55. The number of alkyl halides is 3. The van der Waals surface area contributed by atoms with Gasteiger partial charge in [-0.1, -0.05) is 6.07 Å². The maximum Gasteiger partial charge on any atom is 0.416 e. The molecule has 7 nitrogen and oxygen atoms in total. The third kappa shape index (κ3) is 4.56. The monoisotopic (exact) mass is 393 g/mol. The molecule has 2 amide bonds. The molecule has 2 aromatic rings. The van der Waals surface area contributed by atoms with Crippen LogP contribution in [0.1, 0.15) is 21.7 Å². The summed E-state index contributed by atoms with van der Waals surface area (Å²) in [4.78, 5) is 34.9. The Kier molecular flexibility index (Phi) is 5.48. The van der Waals surface area contributed by atoms with E-state index >= 15 is 0 Å². The molecule has 1 aromatic carbocycles. The molecule has 1 fully saturated rings. The van der Waals surface area contributed by atoms with Crippen LogP contribution < -0.4 is 5.32 Å². The summed E-state index contributed by atoms with van der Waals surface area (Å²) in [5, 5.41) is 2.72. The lowest BCUT2D eigenvalue weighted by Crippen LogP contribution is -2.48. The van der Waals surface area contributed by atoms with Crippen LogP contribution in [0.5, 0.6) is 0 Å². The fourth-order valence-corrected chi connectivity index (χ4v) is 2.83. The summed E-state index contributed by atoms with van der Waals surface area (Å²) in [7, 11) is 0. The molecule has 148 valence electrons. The van der Waals surface area contributed by atoms with Gasteiger partial charge in [0.2, 0.25) is 12.4 Å². The molecule has 1 aliphatic rings. The molecule has 0 atom stereocenters. The second-order valence-corrected chi connectivity index (χ2v) is 6.36. The number of nitrogens with one attached hydrogen (secondary N) is 1. The van der Waals surface area contributed by atoms with Crippen LogP contribution in [0.2, 0.25) is 0 Å². The van der Waals surface area contributed by atoms with E-state index in [0.29, 0.717) is 31.9 Å². The first-order valence-electron chi connectivity index (χ1n) is 8.55. The molecule has 0 unspecified atom stereocenters. The number of nitrogens with zero attached hydrogens (tertiary/aromatic N) is 4. The van der Waals surface area contributed by atoms with Crippen molar-refractivity contribution in [3.05, 3.63) is 47.3 Å². The van der Waals surface area contributed by atoms with Crippen LogP contribution in [0.15, 0.2) is 30.3 Å². The molecule has 0 bridgehead atoms. The molecule has 3 rings (SSSR count). The molecule has 1 aliphatic heterocycles. The second-order valence-electron chi connectivity index (χ2n) is 6.36. The number of aromatic nitrogens is 2. The molecular formula is C18H18F3N5O2. The first kappa shape index (κ1) is 19.6. The van der Waals surface area contributed by atoms with Crippen LogP contribution in [0.4, 0.5) is 24.8 Å². The highest BCUT2D eigenvalue weighted by atomic mass is 19.4. The van der Waals surface area contributed by atoms with Crippen molar-refractivity contribution in [1.29, 1.82) is 0 Å². The minimum absolute atomic E-state index is 0.0363. The standard InChI is InChI=1S/C18H18F3N5O2/c1-12-9-15(16(28)26-7-5-25(11-27)6-8-26)24-17(22-12)23-14-4-2-3-13(10-14)18(19,20)21/h2-4,9-11H,5-8H2,1H3,(H,22,23,24). The summed E-state index contributed by atoms with van der Waals surface area (Å²) in [6.45, 7) is 3.32. The van der Waals surface area contributed by atoms with E-state index in [0.717, 1.165) is 18.5 Å². The van der Waals surface area contributed by atoms with Crippen molar-refractivity contribution < 1.29 is 22.8 Å². The van der Waals surface area contributed by atoms with E-state index in [1.807, 2.05) is 0 Å². The van der Waals surface area contributed by atoms with Crippen molar-refractivity contribution in [2.75, 3.05) is 31.5 Å². The van der Waals surface area contributed by atoms with E-state index in [1.54, 1.807) is 16.7 Å². The summed E-state index contributed by atoms with van der Waals surface area (Å²) in [6, 6.07) is 6.18. The highest BCUT2D eigenvalue weighted by molar-refractivity contribution is 5.93. The zero-order chi connectivity index (χ0) is 20.3. The van der Waals surface area contributed by atoms with Crippen LogP contribution in [-0.2, 0) is 11.0 Å². The van der Waals surface area contributed by atoms with Crippen molar-refractivity contribution in [3.63, 3.8) is 0 Å². The van der Waals surface area contributed by atoms with Crippen molar-refractivity contribution in [1.82, 2.24) is 19.8 Å². The molecule has 0 radical (unpaired) electrons. The lowest BCUT2D eigenvalue weighted by molar-refractivity contribution is -0.137. The number of aryl methyl sites for hydroxylation is 1. The Balaban J connectivity index is 1.78. The number of piperazine rings is 1. The number of halogens is 3. The van der Waals surface area contributed by atoms with E-state index in [2.05, 4.69) is 15.3 Å². The van der Waals surface area contributed by atoms with Gasteiger partial charge < -0.3 is 15.1 Å². The highest BCUT2D eigenvalue weighted by Gasteiger charge is 2.30. The maximum absolute atomic E-state index is 12.9. The van der Waals surface area contributed by atoms with Gasteiger partial charge in [0.05, 0.1) is 5.56 Å². The highest BCUT2D eigenvalue weighted by Crippen LogP contribution is 2.31. The second kappa shape index (κ2) is 7.83. The molecule has 0 spiro atoms. The Labute approximate surface area is 159 Å². The van der Waals surface area contributed by atoms with Gasteiger partial charge in [0.1, 0.15) is 5.69 Å². The number of amides is 2. The summed E-state index contributed by atoms with van der Waals surface area (Å²) in [6.07, 6.45) is -3.72. The normalized spacial score (nSPS) is 14.7. The van der Waals surface area contributed by atoms with Crippen LogP contribution in [-0.4, -0.2) is 58.3 Å². The van der Waals surface area contributed by atoms with Crippen molar-refractivity contribution in [2.24, 2.45) is 0 Å². The first-order chi connectivity index (χ1) is 13.3. The number of hydrogen-bond acceptors (Lipinski definition) is 5. The van der Waals surface area contributed by atoms with E-state index in [1.165, 1.54) is 18.2 Å². The fourth-order valence-electron chi connectivity index (χ4n) is 2.83. The molecule has 28 heavy (non-hydrogen) atoms. The van der Waals surface area contributed by atoms with Gasteiger partial charge >= 0.3 is 6.18 Å². The van der Waals surface area contributed by atoms with E-state index < -0.39 is 11.7 Å². The minimum Gasteiger partial charge on any atom is -0.342 e. The molecule has 1 aromatic heterocycles. The summed E-state index contributed by atoms with van der Waals surface area (Å²) in [5.41, 5.74) is 0.00815. The topological polar surface area (TPSA) is 78.4 Å². The van der Waals surface area contributed by atoms with Gasteiger partial charge in [0.25, 0.3) is 5.91 Å². The van der Waals surface area contributed by atoms with Crippen LogP contribution >= 0.6 is 0 Å². The lowest BCUT2D eigenvalue weighted by Gasteiger charge is -2.32. The molecule has 0 saturated carbocycles. The predicted molar refractivity (Wildman–Crippen MR) is 95.0 cm³/mol. The third-order valence-electron chi connectivity index (χ3n) is 4.27. The number of anilines is 2. The average molecular weight is 393 g/mol. The Morgan fingerprint density at radius 2 is 1.86 bits per heavy atom. The van der Waals surface area contributed by atoms with E-state index in [4.69, 9.17) is 0 Å². The van der Waals surface area contributed by atoms with Gasteiger partial charge in [-0.25, -0.2) is 9.97 Å². The number of hydrogen-bond donors (Lipinski definition) is 1. The van der Waals surface area contributed by atoms with E-state index in [9.17, 15) is 22.8 Å². The summed E-state index contributed by atoms with van der Waals surface area (Å²) in [5.74, 6) is -0.280. The Hall–Kier alpha value is -3.17. The molecule has 1 N–H and O–H groups in total. The predicted octanol–water partition coefficient (Wildman–Crippen LogP) is 2.46. The zero-order valence-corrected chi connectivity index (χ0v) is 15.0. The van der Waals surface area contributed by atoms with Crippen LogP contribution in [0.3, 0.4) is 0 Å². The lowest BCUT2D eigenvalue weighted by atomic mass is 10.2. The van der Waals surface area contributed by atoms with Crippen molar-refractivity contribution in [2.45, 2.75) is 13.1 Å². The molecular weight excluding hydrogens is 375 g/mol. The Morgan fingerprint density at radius 3 is 2.50 bits per heavy atom. The molecule has 0 aliphatic carbocycles. The maximum atomic E-state index is 12.9. The van der Waals surface area contributed by atoms with Gasteiger partial charge in [0.15, 0.2) is 0 Å². The summed E-state index contributed by atoms with van der Waals surface area (Å²) < 4.78 is 38.6. The summed E-state index contributed by atoms with van der Waals surface area (Å²) >= 11 is 0. The smallest absolute Gasteiger partial charge is 0.342 e. The molecule has 10 heteroatoms. The van der Waals surface area contributed by atoms with Gasteiger partial charge in [-0.15, -0.1) is 0 Å². The number of carbonyl (C=O) groups is 2. The number of carbonyl (C=O) groups excluding carboxylic acids is 2. The number of rotatable bonds is 4. The fraction of sp³-hybridized carbons (Fsp3) is 0.333.